The van der Waals surface area contributed by atoms with E-state index in [9.17, 15) is 9.59 Å². The highest BCUT2D eigenvalue weighted by Gasteiger charge is 2.21. The highest BCUT2D eigenvalue weighted by Crippen LogP contribution is 2.14. The molecule has 98 valence electrons. The lowest BCUT2D eigenvalue weighted by molar-refractivity contribution is -0.139. The average Bonchev–Trinajstić information content (AvgIpc) is 2.34. The molecule has 0 saturated heterocycles. The van der Waals surface area contributed by atoms with Gasteiger partial charge in [0.15, 0.2) is 0 Å². The van der Waals surface area contributed by atoms with Gasteiger partial charge in [-0.1, -0.05) is 0 Å². The molecule has 0 bridgehead atoms. The van der Waals surface area contributed by atoms with E-state index in [-0.39, 0.29) is 13.0 Å². The smallest absolute Gasteiger partial charge is 0.326 e. The van der Waals surface area contributed by atoms with E-state index in [2.05, 4.69) is 26.2 Å². The first-order valence-electron chi connectivity index (χ1n) is 5.18. The van der Waals surface area contributed by atoms with Gasteiger partial charge in [0.2, 0.25) is 0 Å². The molecule has 0 saturated carbocycles. The summed E-state index contributed by atoms with van der Waals surface area (Å²) in [6.07, 6.45) is 3.14. The van der Waals surface area contributed by atoms with Gasteiger partial charge in [0.1, 0.15) is 6.04 Å². The summed E-state index contributed by atoms with van der Waals surface area (Å²) in [4.78, 5) is 26.7. The lowest BCUT2D eigenvalue weighted by Gasteiger charge is -2.14. The van der Waals surface area contributed by atoms with Gasteiger partial charge in [-0.25, -0.2) is 4.79 Å². The SMILES string of the molecule is COCCC(NC(=O)c1ccncc1Br)C(=O)O. The maximum atomic E-state index is 11.9. The van der Waals surface area contributed by atoms with Gasteiger partial charge >= 0.3 is 5.97 Å². The molecule has 0 fully saturated rings. The van der Waals surface area contributed by atoms with Gasteiger partial charge in [0, 0.05) is 37.0 Å². The van der Waals surface area contributed by atoms with Crippen molar-refractivity contribution in [2.75, 3.05) is 13.7 Å². The van der Waals surface area contributed by atoms with Crippen LogP contribution in [0.4, 0.5) is 0 Å². The first kappa shape index (κ1) is 14.6. The molecule has 0 aromatic carbocycles. The average molecular weight is 317 g/mol. The highest BCUT2D eigenvalue weighted by molar-refractivity contribution is 9.10. The van der Waals surface area contributed by atoms with Crippen LogP contribution in [0.15, 0.2) is 22.9 Å². The number of aliphatic carboxylic acids is 1. The van der Waals surface area contributed by atoms with Crippen LogP contribution in [0.2, 0.25) is 0 Å². The second-order valence-electron chi connectivity index (χ2n) is 3.50. The summed E-state index contributed by atoms with van der Waals surface area (Å²) in [5.41, 5.74) is 0.341. The molecule has 1 unspecified atom stereocenters. The Morgan fingerprint density at radius 3 is 2.89 bits per heavy atom. The normalized spacial score (nSPS) is 11.9. The molecule has 1 aromatic heterocycles. The molecule has 2 N–H and O–H groups in total. The van der Waals surface area contributed by atoms with Crippen LogP contribution in [0.1, 0.15) is 16.8 Å². The minimum atomic E-state index is -1.09. The first-order chi connectivity index (χ1) is 8.56. The van der Waals surface area contributed by atoms with Crippen LogP contribution in [0.25, 0.3) is 0 Å². The zero-order valence-corrected chi connectivity index (χ0v) is 11.3. The van der Waals surface area contributed by atoms with E-state index >= 15 is 0 Å². The molecule has 0 radical (unpaired) electrons. The monoisotopic (exact) mass is 316 g/mol. The third-order valence-electron chi connectivity index (χ3n) is 2.23. The van der Waals surface area contributed by atoms with Crippen molar-refractivity contribution in [2.45, 2.75) is 12.5 Å². The van der Waals surface area contributed by atoms with Gasteiger partial charge in [-0.15, -0.1) is 0 Å². The van der Waals surface area contributed by atoms with Gasteiger partial charge in [-0.3, -0.25) is 9.78 Å². The topological polar surface area (TPSA) is 88.5 Å². The quantitative estimate of drug-likeness (QED) is 0.819. The summed E-state index contributed by atoms with van der Waals surface area (Å²) in [5, 5.41) is 11.4. The predicted octanol–water partition coefficient (Wildman–Crippen LogP) is 1.06. The number of halogens is 1. The molecule has 0 aliphatic rings. The summed E-state index contributed by atoms with van der Waals surface area (Å²) in [5.74, 6) is -1.56. The summed E-state index contributed by atoms with van der Waals surface area (Å²) in [7, 11) is 1.47. The third-order valence-corrected chi connectivity index (χ3v) is 2.86. The van der Waals surface area contributed by atoms with Crippen LogP contribution in [0.3, 0.4) is 0 Å². The van der Waals surface area contributed by atoms with Crippen LogP contribution in [-0.4, -0.2) is 41.7 Å². The van der Waals surface area contributed by atoms with Crippen molar-refractivity contribution in [1.82, 2.24) is 10.3 Å². The lowest BCUT2D eigenvalue weighted by atomic mass is 10.2. The fraction of sp³-hybridized carbons (Fsp3) is 0.364. The zero-order valence-electron chi connectivity index (χ0n) is 9.72. The van der Waals surface area contributed by atoms with Gasteiger partial charge in [0.05, 0.1) is 5.56 Å². The van der Waals surface area contributed by atoms with Crippen molar-refractivity contribution in [3.8, 4) is 0 Å². The van der Waals surface area contributed by atoms with Crippen LogP contribution < -0.4 is 5.32 Å². The number of carbonyl (C=O) groups is 2. The number of carboxylic acid groups (broad SMARTS) is 1. The molecule has 0 aliphatic heterocycles. The summed E-state index contributed by atoms with van der Waals surface area (Å²) in [6.45, 7) is 0.259. The molecule has 1 amide bonds. The predicted molar refractivity (Wildman–Crippen MR) is 67.3 cm³/mol. The van der Waals surface area contributed by atoms with Crippen LogP contribution in [0.5, 0.6) is 0 Å². The summed E-state index contributed by atoms with van der Waals surface area (Å²) in [6, 6.07) is 0.534. The third kappa shape index (κ3) is 4.08. The Balaban J connectivity index is 2.72. The van der Waals surface area contributed by atoms with E-state index in [1.807, 2.05) is 0 Å². The van der Waals surface area contributed by atoms with E-state index in [0.717, 1.165) is 0 Å². The number of carboxylic acids is 1. The zero-order chi connectivity index (χ0) is 13.5. The number of methoxy groups -OCH3 is 1. The largest absolute Gasteiger partial charge is 0.480 e. The Hall–Kier alpha value is -1.47. The molecule has 1 heterocycles. The maximum absolute atomic E-state index is 11.9. The number of aromatic nitrogens is 1. The number of carbonyl (C=O) groups excluding carboxylic acids is 1. The highest BCUT2D eigenvalue weighted by atomic mass is 79.9. The Morgan fingerprint density at radius 2 is 2.33 bits per heavy atom. The van der Waals surface area contributed by atoms with Crippen molar-refractivity contribution >= 4 is 27.8 Å². The fourth-order valence-corrected chi connectivity index (χ4v) is 1.72. The Labute approximate surface area is 112 Å². The Morgan fingerprint density at radius 1 is 1.61 bits per heavy atom. The number of nitrogens with zero attached hydrogens (tertiary/aromatic N) is 1. The number of hydrogen-bond acceptors (Lipinski definition) is 4. The number of hydrogen-bond donors (Lipinski definition) is 2. The molecule has 7 heteroatoms. The Kier molecular flexibility index (Phi) is 5.73. The number of rotatable bonds is 6. The van der Waals surface area contributed by atoms with E-state index in [0.29, 0.717) is 10.0 Å². The van der Waals surface area contributed by atoms with Gasteiger partial charge in [0.25, 0.3) is 5.91 Å². The molecule has 0 spiro atoms. The van der Waals surface area contributed by atoms with Crippen molar-refractivity contribution in [3.63, 3.8) is 0 Å². The van der Waals surface area contributed by atoms with E-state index in [1.54, 1.807) is 0 Å². The number of pyridine rings is 1. The van der Waals surface area contributed by atoms with E-state index in [4.69, 9.17) is 9.84 Å². The van der Waals surface area contributed by atoms with Gasteiger partial charge in [-0.05, 0) is 22.0 Å². The molecule has 1 atom stereocenters. The fourth-order valence-electron chi connectivity index (χ4n) is 1.29. The van der Waals surface area contributed by atoms with Gasteiger partial charge < -0.3 is 15.2 Å². The molecule has 1 aromatic rings. The summed E-state index contributed by atoms with van der Waals surface area (Å²) < 4.78 is 5.31. The maximum Gasteiger partial charge on any atom is 0.326 e. The summed E-state index contributed by atoms with van der Waals surface area (Å²) >= 11 is 3.18. The van der Waals surface area contributed by atoms with Gasteiger partial charge in [-0.2, -0.15) is 0 Å². The molecule has 1 rings (SSSR count). The number of amides is 1. The minimum absolute atomic E-state index is 0.209. The van der Waals surface area contributed by atoms with E-state index in [1.165, 1.54) is 25.6 Å². The second-order valence-corrected chi connectivity index (χ2v) is 4.36. The molecule has 0 aliphatic carbocycles. The number of nitrogens with one attached hydrogen (secondary N) is 1. The first-order valence-corrected chi connectivity index (χ1v) is 5.97. The molecular weight excluding hydrogens is 304 g/mol. The molecular formula is C11H13BrN2O4. The van der Waals surface area contributed by atoms with Crippen molar-refractivity contribution < 1.29 is 19.4 Å². The Bertz CT molecular complexity index is 439. The van der Waals surface area contributed by atoms with Crippen LogP contribution >= 0.6 is 15.9 Å². The molecule has 6 nitrogen and oxygen atoms in total. The second kappa shape index (κ2) is 7.07. The standard InChI is InChI=1S/C11H13BrN2O4/c1-18-5-3-9(11(16)17)14-10(15)7-2-4-13-6-8(7)12/h2,4,6,9H,3,5H2,1H3,(H,14,15)(H,16,17). The number of ether oxygens (including phenoxy) is 1. The van der Waals surface area contributed by atoms with E-state index < -0.39 is 17.9 Å². The van der Waals surface area contributed by atoms with Crippen molar-refractivity contribution in [3.05, 3.63) is 28.5 Å². The molecule has 18 heavy (non-hydrogen) atoms. The minimum Gasteiger partial charge on any atom is -0.480 e. The lowest BCUT2D eigenvalue weighted by Crippen LogP contribution is -2.41. The van der Waals surface area contributed by atoms with Crippen molar-refractivity contribution in [1.29, 1.82) is 0 Å². The van der Waals surface area contributed by atoms with Crippen LogP contribution in [0, 0.1) is 0 Å². The van der Waals surface area contributed by atoms with Crippen LogP contribution in [-0.2, 0) is 9.53 Å². The van der Waals surface area contributed by atoms with Crippen molar-refractivity contribution in [2.24, 2.45) is 0 Å².